The fourth-order valence-corrected chi connectivity index (χ4v) is 1.43. The molecule has 0 aliphatic heterocycles. The number of rotatable bonds is 5. The summed E-state index contributed by atoms with van der Waals surface area (Å²) in [5, 5.41) is 5.94. The smallest absolute Gasteiger partial charge is 0.221 e. The zero-order chi connectivity index (χ0) is 13.8. The number of hydrogen-bond donors (Lipinski definition) is 2. The average Bonchev–Trinajstić information content (AvgIpc) is 2.36. The standard InChI is InChI=1S/C10H13NO.C5H13N/c1-3-9-5-4-6-10(7-9)11-8(2)12;1-3-5-6-4-2/h4-7H,3H2,1-2H3,(H,11,12);6H,3-5H2,1-2H3. The van der Waals surface area contributed by atoms with Crippen molar-refractivity contribution in [1.82, 2.24) is 5.32 Å². The highest BCUT2D eigenvalue weighted by molar-refractivity contribution is 5.88. The van der Waals surface area contributed by atoms with E-state index in [0.717, 1.165) is 25.2 Å². The Kier molecular flexibility index (Phi) is 9.97. The highest BCUT2D eigenvalue weighted by Gasteiger charge is 1.95. The Bertz CT molecular complexity index is 333. The maximum atomic E-state index is 10.7. The van der Waals surface area contributed by atoms with Crippen molar-refractivity contribution in [3.63, 3.8) is 0 Å². The molecule has 0 aliphatic carbocycles. The van der Waals surface area contributed by atoms with Crippen molar-refractivity contribution in [3.8, 4) is 0 Å². The Hall–Kier alpha value is -1.35. The van der Waals surface area contributed by atoms with Gasteiger partial charge in [-0.3, -0.25) is 4.79 Å². The first-order valence-electron chi connectivity index (χ1n) is 6.71. The second-order valence-electron chi connectivity index (χ2n) is 4.09. The van der Waals surface area contributed by atoms with Gasteiger partial charge in [0.25, 0.3) is 0 Å². The molecule has 0 heterocycles. The molecule has 0 unspecified atom stereocenters. The molecule has 1 aromatic rings. The van der Waals surface area contributed by atoms with Gasteiger partial charge in [0.15, 0.2) is 0 Å². The quantitative estimate of drug-likeness (QED) is 0.788. The van der Waals surface area contributed by atoms with Gasteiger partial charge in [-0.25, -0.2) is 0 Å². The Morgan fingerprint density at radius 1 is 1.22 bits per heavy atom. The third-order valence-corrected chi connectivity index (χ3v) is 2.33. The fourth-order valence-electron chi connectivity index (χ4n) is 1.43. The van der Waals surface area contributed by atoms with Gasteiger partial charge in [-0.05, 0) is 43.6 Å². The molecule has 1 aromatic carbocycles. The third-order valence-electron chi connectivity index (χ3n) is 2.33. The third kappa shape index (κ3) is 8.76. The number of nitrogens with one attached hydrogen (secondary N) is 2. The van der Waals surface area contributed by atoms with Crippen LogP contribution in [0.5, 0.6) is 0 Å². The number of hydrogen-bond acceptors (Lipinski definition) is 2. The van der Waals surface area contributed by atoms with E-state index in [0.29, 0.717) is 0 Å². The van der Waals surface area contributed by atoms with Crippen LogP contribution in [-0.4, -0.2) is 19.0 Å². The summed E-state index contributed by atoms with van der Waals surface area (Å²) in [4.78, 5) is 10.7. The van der Waals surface area contributed by atoms with Gasteiger partial charge in [-0.15, -0.1) is 0 Å². The van der Waals surface area contributed by atoms with Crippen LogP contribution in [0.25, 0.3) is 0 Å². The minimum absolute atomic E-state index is 0.0248. The van der Waals surface area contributed by atoms with Crippen LogP contribution in [0.2, 0.25) is 0 Å². The number of aryl methyl sites for hydroxylation is 1. The van der Waals surface area contributed by atoms with Gasteiger partial charge >= 0.3 is 0 Å². The molecule has 2 N–H and O–H groups in total. The molecule has 1 rings (SSSR count). The summed E-state index contributed by atoms with van der Waals surface area (Å²) in [6.45, 7) is 10.2. The zero-order valence-electron chi connectivity index (χ0n) is 12.0. The summed E-state index contributed by atoms with van der Waals surface area (Å²) < 4.78 is 0. The van der Waals surface area contributed by atoms with E-state index in [1.54, 1.807) is 0 Å². The zero-order valence-corrected chi connectivity index (χ0v) is 12.0. The average molecular weight is 250 g/mol. The van der Waals surface area contributed by atoms with Crippen LogP contribution >= 0.6 is 0 Å². The van der Waals surface area contributed by atoms with Crippen LogP contribution in [0.4, 0.5) is 5.69 Å². The van der Waals surface area contributed by atoms with E-state index in [9.17, 15) is 4.79 Å². The maximum absolute atomic E-state index is 10.7. The molecule has 0 spiro atoms. The Labute approximate surface area is 111 Å². The molecule has 0 bridgehead atoms. The lowest BCUT2D eigenvalue weighted by molar-refractivity contribution is -0.114. The highest BCUT2D eigenvalue weighted by atomic mass is 16.1. The normalized spacial score (nSPS) is 9.33. The van der Waals surface area contributed by atoms with Crippen molar-refractivity contribution < 1.29 is 4.79 Å². The molecule has 102 valence electrons. The van der Waals surface area contributed by atoms with E-state index in [4.69, 9.17) is 0 Å². The van der Waals surface area contributed by atoms with Gasteiger partial charge < -0.3 is 10.6 Å². The van der Waals surface area contributed by atoms with Gasteiger partial charge in [-0.1, -0.05) is 32.9 Å². The maximum Gasteiger partial charge on any atom is 0.221 e. The molecule has 18 heavy (non-hydrogen) atoms. The van der Waals surface area contributed by atoms with Crippen LogP contribution in [0.3, 0.4) is 0 Å². The number of amides is 1. The van der Waals surface area contributed by atoms with Crippen LogP contribution in [-0.2, 0) is 11.2 Å². The molecule has 0 saturated carbocycles. The molecular weight excluding hydrogens is 224 g/mol. The molecule has 0 aliphatic rings. The molecule has 0 atom stereocenters. The Morgan fingerprint density at radius 3 is 2.39 bits per heavy atom. The van der Waals surface area contributed by atoms with Crippen molar-refractivity contribution >= 4 is 11.6 Å². The van der Waals surface area contributed by atoms with Crippen LogP contribution in [0.1, 0.15) is 39.7 Å². The summed E-state index contributed by atoms with van der Waals surface area (Å²) in [6, 6.07) is 7.87. The molecule has 0 radical (unpaired) electrons. The summed E-state index contributed by atoms with van der Waals surface area (Å²) in [7, 11) is 0. The van der Waals surface area contributed by atoms with Gasteiger partial charge in [0.1, 0.15) is 0 Å². The van der Waals surface area contributed by atoms with Crippen molar-refractivity contribution in [2.24, 2.45) is 0 Å². The lowest BCUT2D eigenvalue weighted by Gasteiger charge is -2.02. The topological polar surface area (TPSA) is 41.1 Å². The van der Waals surface area contributed by atoms with Crippen LogP contribution in [0, 0.1) is 0 Å². The SMILES string of the molecule is CCCNCC.CCc1cccc(NC(C)=O)c1. The molecular formula is C15H26N2O. The van der Waals surface area contributed by atoms with Crippen LogP contribution < -0.4 is 10.6 Å². The van der Waals surface area contributed by atoms with Crippen molar-refractivity contribution in [3.05, 3.63) is 29.8 Å². The Morgan fingerprint density at radius 2 is 1.94 bits per heavy atom. The minimum Gasteiger partial charge on any atom is -0.326 e. The molecule has 0 aromatic heterocycles. The van der Waals surface area contributed by atoms with E-state index < -0.39 is 0 Å². The minimum atomic E-state index is -0.0248. The number of carbonyl (C=O) groups excluding carboxylic acids is 1. The van der Waals surface area contributed by atoms with E-state index in [1.165, 1.54) is 18.9 Å². The first-order chi connectivity index (χ1) is 8.63. The van der Waals surface area contributed by atoms with Gasteiger partial charge in [-0.2, -0.15) is 0 Å². The predicted molar refractivity (Wildman–Crippen MR) is 79.0 cm³/mol. The first kappa shape index (κ1) is 16.6. The lowest BCUT2D eigenvalue weighted by atomic mass is 10.1. The fraction of sp³-hybridized carbons (Fsp3) is 0.533. The summed E-state index contributed by atoms with van der Waals surface area (Å²) in [6.07, 6.45) is 2.24. The van der Waals surface area contributed by atoms with Crippen molar-refractivity contribution in [1.29, 1.82) is 0 Å². The van der Waals surface area contributed by atoms with Crippen molar-refractivity contribution in [2.45, 2.75) is 40.5 Å². The molecule has 1 amide bonds. The molecule has 0 saturated heterocycles. The van der Waals surface area contributed by atoms with Gasteiger partial charge in [0.2, 0.25) is 5.91 Å². The summed E-state index contributed by atoms with van der Waals surface area (Å²) >= 11 is 0. The second kappa shape index (κ2) is 10.8. The van der Waals surface area contributed by atoms with Crippen LogP contribution in [0.15, 0.2) is 24.3 Å². The van der Waals surface area contributed by atoms with E-state index in [1.807, 2.05) is 24.3 Å². The number of anilines is 1. The largest absolute Gasteiger partial charge is 0.326 e. The first-order valence-corrected chi connectivity index (χ1v) is 6.71. The Balaban J connectivity index is 0.000000411. The van der Waals surface area contributed by atoms with E-state index >= 15 is 0 Å². The molecule has 3 nitrogen and oxygen atoms in total. The predicted octanol–water partition coefficient (Wildman–Crippen LogP) is 3.21. The van der Waals surface area contributed by atoms with E-state index in [-0.39, 0.29) is 5.91 Å². The van der Waals surface area contributed by atoms with E-state index in [2.05, 4.69) is 31.4 Å². The monoisotopic (exact) mass is 250 g/mol. The second-order valence-corrected chi connectivity index (χ2v) is 4.09. The number of benzene rings is 1. The molecule has 3 heteroatoms. The lowest BCUT2D eigenvalue weighted by Crippen LogP contribution is -2.12. The number of carbonyl (C=O) groups is 1. The summed E-state index contributed by atoms with van der Waals surface area (Å²) in [5.41, 5.74) is 2.11. The molecule has 0 fully saturated rings. The van der Waals surface area contributed by atoms with Crippen molar-refractivity contribution in [2.75, 3.05) is 18.4 Å². The summed E-state index contributed by atoms with van der Waals surface area (Å²) in [5.74, 6) is -0.0248. The highest BCUT2D eigenvalue weighted by Crippen LogP contribution is 2.10. The van der Waals surface area contributed by atoms with Gasteiger partial charge in [0.05, 0.1) is 0 Å². The van der Waals surface area contributed by atoms with Gasteiger partial charge in [0, 0.05) is 12.6 Å².